The van der Waals surface area contributed by atoms with Crippen LogP contribution in [0.25, 0.3) is 0 Å². The molecule has 18 heavy (non-hydrogen) atoms. The average Bonchev–Trinajstić information content (AvgIpc) is 2.37. The lowest BCUT2D eigenvalue weighted by molar-refractivity contribution is 0.0467. The van der Waals surface area contributed by atoms with Crippen molar-refractivity contribution in [3.05, 3.63) is 29.6 Å². The molecule has 6 heteroatoms. The smallest absolute Gasteiger partial charge is 0.337 e. The SMILES string of the molecule is CN(C(=O)c1ccc(C(=O)O)cn1)C(C)(C)CO. The molecule has 1 aromatic heterocycles. The van der Waals surface area contributed by atoms with E-state index in [4.69, 9.17) is 5.11 Å². The van der Waals surface area contributed by atoms with E-state index >= 15 is 0 Å². The Bertz CT molecular complexity index is 454. The summed E-state index contributed by atoms with van der Waals surface area (Å²) in [6.45, 7) is 3.26. The first-order valence-electron chi connectivity index (χ1n) is 5.38. The summed E-state index contributed by atoms with van der Waals surface area (Å²) in [5.74, 6) is -1.46. The molecule has 1 rings (SSSR count). The predicted molar refractivity (Wildman–Crippen MR) is 64.5 cm³/mol. The molecule has 0 saturated heterocycles. The molecule has 1 aromatic rings. The summed E-state index contributed by atoms with van der Waals surface area (Å²) >= 11 is 0. The highest BCUT2D eigenvalue weighted by Crippen LogP contribution is 2.14. The molecule has 0 bridgehead atoms. The maximum atomic E-state index is 12.0. The molecule has 1 amide bonds. The van der Waals surface area contributed by atoms with Crippen LogP contribution in [0.1, 0.15) is 34.7 Å². The van der Waals surface area contributed by atoms with Gasteiger partial charge >= 0.3 is 5.97 Å². The number of carboxylic acid groups (broad SMARTS) is 1. The Kier molecular flexibility index (Phi) is 4.03. The van der Waals surface area contributed by atoms with E-state index in [1.54, 1.807) is 20.9 Å². The van der Waals surface area contributed by atoms with Crippen molar-refractivity contribution in [2.45, 2.75) is 19.4 Å². The van der Waals surface area contributed by atoms with Crippen molar-refractivity contribution in [1.82, 2.24) is 9.88 Å². The van der Waals surface area contributed by atoms with E-state index in [0.717, 1.165) is 6.20 Å². The van der Waals surface area contributed by atoms with Crippen LogP contribution in [0.2, 0.25) is 0 Å². The number of aromatic carboxylic acids is 1. The van der Waals surface area contributed by atoms with Gasteiger partial charge in [-0.1, -0.05) is 0 Å². The molecule has 0 aliphatic carbocycles. The van der Waals surface area contributed by atoms with Gasteiger partial charge in [0.1, 0.15) is 5.69 Å². The fourth-order valence-corrected chi connectivity index (χ4v) is 1.20. The second-order valence-electron chi connectivity index (χ2n) is 4.57. The quantitative estimate of drug-likeness (QED) is 0.819. The molecule has 0 aliphatic heterocycles. The van der Waals surface area contributed by atoms with Crippen LogP contribution in [0.3, 0.4) is 0 Å². The van der Waals surface area contributed by atoms with Gasteiger partial charge in [0.2, 0.25) is 0 Å². The van der Waals surface area contributed by atoms with Crippen LogP contribution in [-0.2, 0) is 0 Å². The first-order valence-corrected chi connectivity index (χ1v) is 5.38. The van der Waals surface area contributed by atoms with Crippen molar-refractivity contribution in [3.63, 3.8) is 0 Å². The van der Waals surface area contributed by atoms with E-state index in [-0.39, 0.29) is 23.8 Å². The number of amides is 1. The maximum Gasteiger partial charge on any atom is 0.337 e. The summed E-state index contributed by atoms with van der Waals surface area (Å²) in [4.78, 5) is 27.9. The summed E-state index contributed by atoms with van der Waals surface area (Å²) in [6.07, 6.45) is 1.13. The van der Waals surface area contributed by atoms with E-state index in [0.29, 0.717) is 0 Å². The van der Waals surface area contributed by atoms with Gasteiger partial charge in [0.05, 0.1) is 17.7 Å². The summed E-state index contributed by atoms with van der Waals surface area (Å²) in [5.41, 5.74) is -0.538. The Balaban J connectivity index is 2.94. The number of aromatic nitrogens is 1. The van der Waals surface area contributed by atoms with E-state index in [1.807, 2.05) is 0 Å². The van der Waals surface area contributed by atoms with Crippen molar-refractivity contribution in [2.75, 3.05) is 13.7 Å². The number of carboxylic acids is 1. The molecule has 0 spiro atoms. The predicted octanol–water partition coefficient (Wildman–Crippen LogP) is 0.623. The van der Waals surface area contributed by atoms with E-state index in [1.165, 1.54) is 17.0 Å². The van der Waals surface area contributed by atoms with Crippen LogP contribution in [0.4, 0.5) is 0 Å². The fourth-order valence-electron chi connectivity index (χ4n) is 1.20. The molecule has 1 heterocycles. The molecule has 0 fully saturated rings. The Morgan fingerprint density at radius 1 is 1.39 bits per heavy atom. The van der Waals surface area contributed by atoms with Crippen molar-refractivity contribution in [2.24, 2.45) is 0 Å². The summed E-state index contributed by atoms with van der Waals surface area (Å²) in [6, 6.07) is 2.68. The summed E-state index contributed by atoms with van der Waals surface area (Å²) < 4.78 is 0. The number of nitrogens with zero attached hydrogens (tertiary/aromatic N) is 2. The number of aliphatic hydroxyl groups excluding tert-OH is 1. The van der Waals surface area contributed by atoms with Crippen molar-refractivity contribution < 1.29 is 19.8 Å². The third-order valence-electron chi connectivity index (χ3n) is 2.83. The number of carbonyl (C=O) groups excluding carboxylic acids is 1. The minimum Gasteiger partial charge on any atom is -0.478 e. The molecule has 0 aromatic carbocycles. The minimum absolute atomic E-state index is 0.0237. The number of carbonyl (C=O) groups is 2. The van der Waals surface area contributed by atoms with Crippen LogP contribution in [-0.4, -0.2) is 51.2 Å². The number of hydrogen-bond donors (Lipinski definition) is 2. The van der Waals surface area contributed by atoms with E-state index in [2.05, 4.69) is 4.98 Å². The van der Waals surface area contributed by atoms with Gasteiger partial charge in [-0.15, -0.1) is 0 Å². The molecule has 0 radical (unpaired) electrons. The number of aliphatic hydroxyl groups is 1. The van der Waals surface area contributed by atoms with Crippen LogP contribution in [0.15, 0.2) is 18.3 Å². The van der Waals surface area contributed by atoms with Crippen molar-refractivity contribution in [1.29, 1.82) is 0 Å². The Hall–Kier alpha value is -1.95. The molecule has 2 N–H and O–H groups in total. The highest BCUT2D eigenvalue weighted by molar-refractivity contribution is 5.94. The van der Waals surface area contributed by atoms with Crippen molar-refractivity contribution >= 4 is 11.9 Å². The third-order valence-corrected chi connectivity index (χ3v) is 2.83. The largest absolute Gasteiger partial charge is 0.478 e. The Morgan fingerprint density at radius 3 is 2.39 bits per heavy atom. The lowest BCUT2D eigenvalue weighted by Gasteiger charge is -2.33. The zero-order chi connectivity index (χ0) is 13.9. The van der Waals surface area contributed by atoms with Crippen LogP contribution in [0, 0.1) is 0 Å². The van der Waals surface area contributed by atoms with Crippen LogP contribution >= 0.6 is 0 Å². The lowest BCUT2D eigenvalue weighted by Crippen LogP contribution is -2.47. The number of pyridine rings is 1. The monoisotopic (exact) mass is 252 g/mol. The second kappa shape index (κ2) is 5.14. The normalized spacial score (nSPS) is 11.1. The third kappa shape index (κ3) is 2.84. The van der Waals surface area contributed by atoms with Gasteiger partial charge < -0.3 is 15.1 Å². The van der Waals surface area contributed by atoms with Gasteiger partial charge in [-0.25, -0.2) is 4.79 Å². The molecule has 0 aliphatic rings. The Morgan fingerprint density at radius 2 is 2.00 bits per heavy atom. The fraction of sp³-hybridized carbons (Fsp3) is 0.417. The zero-order valence-corrected chi connectivity index (χ0v) is 10.5. The summed E-state index contributed by atoms with van der Waals surface area (Å²) in [7, 11) is 1.56. The first kappa shape index (κ1) is 14.1. The Labute approximate surface area is 105 Å². The number of rotatable bonds is 4. The minimum atomic E-state index is -1.09. The standard InChI is InChI=1S/C12H16N2O4/c1-12(2,7-15)14(3)10(16)9-5-4-8(6-13-9)11(17)18/h4-6,15H,7H2,1-3H3,(H,17,18). The van der Waals surface area contributed by atoms with Gasteiger partial charge in [0.15, 0.2) is 0 Å². The van der Waals surface area contributed by atoms with Gasteiger partial charge in [-0.05, 0) is 26.0 Å². The molecule has 6 nitrogen and oxygen atoms in total. The highest BCUT2D eigenvalue weighted by Gasteiger charge is 2.28. The summed E-state index contributed by atoms with van der Waals surface area (Å²) in [5, 5.41) is 17.9. The molecule has 0 saturated carbocycles. The highest BCUT2D eigenvalue weighted by atomic mass is 16.4. The first-order chi connectivity index (χ1) is 8.29. The molecular formula is C12H16N2O4. The molecule has 0 atom stereocenters. The maximum absolute atomic E-state index is 12.0. The van der Waals surface area contributed by atoms with Crippen molar-refractivity contribution in [3.8, 4) is 0 Å². The van der Waals surface area contributed by atoms with Gasteiger partial charge in [-0.3, -0.25) is 9.78 Å². The van der Waals surface area contributed by atoms with E-state index in [9.17, 15) is 14.7 Å². The topological polar surface area (TPSA) is 90.7 Å². The van der Waals surface area contributed by atoms with Crippen LogP contribution < -0.4 is 0 Å². The average molecular weight is 252 g/mol. The lowest BCUT2D eigenvalue weighted by atomic mass is 10.0. The second-order valence-corrected chi connectivity index (χ2v) is 4.57. The van der Waals surface area contributed by atoms with Gasteiger partial charge in [0, 0.05) is 13.2 Å². The molecule has 0 unspecified atom stereocenters. The van der Waals surface area contributed by atoms with Gasteiger partial charge in [-0.2, -0.15) is 0 Å². The van der Waals surface area contributed by atoms with E-state index < -0.39 is 11.5 Å². The number of likely N-dealkylation sites (N-methyl/N-ethyl adjacent to an activating group) is 1. The zero-order valence-electron chi connectivity index (χ0n) is 10.5. The molecule has 98 valence electrons. The number of hydrogen-bond acceptors (Lipinski definition) is 4. The van der Waals surface area contributed by atoms with Gasteiger partial charge in [0.25, 0.3) is 5.91 Å². The molecular weight excluding hydrogens is 236 g/mol. The van der Waals surface area contributed by atoms with Crippen LogP contribution in [0.5, 0.6) is 0 Å².